The highest BCUT2D eigenvalue weighted by atomic mass is 32.2. The van der Waals surface area contributed by atoms with Gasteiger partial charge in [0.2, 0.25) is 0 Å². The molecular weight excluding hydrogens is 424 g/mol. The van der Waals surface area contributed by atoms with Gasteiger partial charge in [-0.1, -0.05) is 19.8 Å². The van der Waals surface area contributed by atoms with E-state index in [2.05, 4.69) is 19.8 Å². The fraction of sp³-hybridized carbons (Fsp3) is 0.885. The average Bonchev–Trinajstić information content (AvgIpc) is 3.10. The molecule has 0 aliphatic heterocycles. The molecule has 2 unspecified atom stereocenters. The summed E-state index contributed by atoms with van der Waals surface area (Å²) in [5.41, 5.74) is -0.863. The zero-order valence-corrected chi connectivity index (χ0v) is 20.5. The van der Waals surface area contributed by atoms with E-state index in [1.54, 1.807) is 0 Å². The van der Waals surface area contributed by atoms with Crippen molar-refractivity contribution >= 4 is 15.6 Å². The minimum absolute atomic E-state index is 0.108. The molecule has 180 valence electrons. The van der Waals surface area contributed by atoms with Crippen molar-refractivity contribution in [3.63, 3.8) is 0 Å². The van der Waals surface area contributed by atoms with Gasteiger partial charge in [0.25, 0.3) is 0 Å². The Labute approximate surface area is 193 Å². The SMILES string of the molecule is C#CC1(O)CC[C@@]2(C)C(CC[C@H]3[C@@H]4CC[C@H](C(=O)CS(=O)(=O)CCCO)[C@@]4(C)CC[C@@H]32)C1. The summed E-state index contributed by atoms with van der Waals surface area (Å²) in [6.07, 6.45) is 14.3. The monoisotopic (exact) mass is 464 g/mol. The highest BCUT2D eigenvalue weighted by Crippen LogP contribution is 2.68. The topological polar surface area (TPSA) is 91.7 Å². The number of terminal acetylenes is 1. The van der Waals surface area contributed by atoms with E-state index in [1.807, 2.05) is 0 Å². The molecule has 32 heavy (non-hydrogen) atoms. The predicted molar refractivity (Wildman–Crippen MR) is 124 cm³/mol. The molecule has 4 saturated carbocycles. The van der Waals surface area contributed by atoms with Gasteiger partial charge in [-0.3, -0.25) is 4.79 Å². The minimum atomic E-state index is -3.46. The summed E-state index contributed by atoms with van der Waals surface area (Å²) < 4.78 is 24.7. The van der Waals surface area contributed by atoms with Gasteiger partial charge < -0.3 is 10.2 Å². The molecule has 0 bridgehead atoms. The summed E-state index contributed by atoms with van der Waals surface area (Å²) in [7, 11) is -3.46. The van der Waals surface area contributed by atoms with Crippen LogP contribution in [0.3, 0.4) is 0 Å². The van der Waals surface area contributed by atoms with Gasteiger partial charge in [-0.15, -0.1) is 6.42 Å². The first-order valence-electron chi connectivity index (χ1n) is 12.5. The third-order valence-electron chi connectivity index (χ3n) is 10.4. The van der Waals surface area contributed by atoms with Gasteiger partial charge in [-0.05, 0) is 98.7 Å². The molecule has 4 aliphatic carbocycles. The maximum atomic E-state index is 13.2. The summed E-state index contributed by atoms with van der Waals surface area (Å²) in [5.74, 6) is 4.00. The van der Waals surface area contributed by atoms with Gasteiger partial charge in [0.1, 0.15) is 11.4 Å². The standard InChI is InChI=1S/C26H40O5S/c1-4-26(29)13-12-24(2)18(16-26)6-7-19-20-8-9-22(25(20,3)11-10-21(19)24)23(28)17-32(30,31)15-5-14-27/h1,18-22,27,29H,5-17H2,2-3H3/t18?,19-,20-,21-,22+,24-,25-,26?/m0/s1. The molecule has 8 atom stereocenters. The molecule has 4 aliphatic rings. The van der Waals surface area contributed by atoms with Gasteiger partial charge in [-0.25, -0.2) is 8.42 Å². The molecule has 0 saturated heterocycles. The van der Waals surface area contributed by atoms with Gasteiger partial charge in [0.15, 0.2) is 15.6 Å². The molecule has 0 spiro atoms. The largest absolute Gasteiger partial charge is 0.396 e. The quantitative estimate of drug-likeness (QED) is 0.588. The molecule has 4 fully saturated rings. The van der Waals surface area contributed by atoms with Crippen LogP contribution in [0.5, 0.6) is 0 Å². The number of aliphatic hydroxyl groups excluding tert-OH is 1. The third-order valence-corrected chi connectivity index (χ3v) is 12.0. The lowest BCUT2D eigenvalue weighted by Crippen LogP contribution is -2.56. The minimum Gasteiger partial charge on any atom is -0.396 e. The first kappa shape index (κ1) is 24.2. The highest BCUT2D eigenvalue weighted by molar-refractivity contribution is 7.92. The third kappa shape index (κ3) is 3.97. The molecule has 0 radical (unpaired) electrons. The lowest BCUT2D eigenvalue weighted by atomic mass is 9.44. The zero-order chi connectivity index (χ0) is 23.4. The normalized spacial score (nSPS) is 45.9. The number of hydrogen-bond acceptors (Lipinski definition) is 5. The predicted octanol–water partition coefficient (Wildman–Crippen LogP) is 3.38. The van der Waals surface area contributed by atoms with Crippen LogP contribution in [-0.4, -0.2) is 48.1 Å². The summed E-state index contributed by atoms with van der Waals surface area (Å²) in [5, 5.41) is 19.7. The van der Waals surface area contributed by atoms with Crippen LogP contribution < -0.4 is 0 Å². The molecule has 0 amide bonds. The summed E-state index contributed by atoms with van der Waals surface area (Å²) >= 11 is 0. The van der Waals surface area contributed by atoms with Crippen LogP contribution in [-0.2, 0) is 14.6 Å². The number of hydrogen-bond donors (Lipinski definition) is 2. The molecular formula is C26H40O5S. The fourth-order valence-electron chi connectivity index (χ4n) is 8.58. The van der Waals surface area contributed by atoms with E-state index in [0.29, 0.717) is 36.5 Å². The first-order chi connectivity index (χ1) is 15.0. The molecule has 5 nitrogen and oxygen atoms in total. The molecule has 4 rings (SSSR count). The van der Waals surface area contributed by atoms with Crippen LogP contribution in [0, 0.1) is 52.8 Å². The maximum absolute atomic E-state index is 13.2. The van der Waals surface area contributed by atoms with Crippen molar-refractivity contribution in [2.45, 2.75) is 83.7 Å². The van der Waals surface area contributed by atoms with E-state index in [-0.39, 0.29) is 47.1 Å². The van der Waals surface area contributed by atoms with Crippen molar-refractivity contribution in [1.29, 1.82) is 0 Å². The summed E-state index contributed by atoms with van der Waals surface area (Å²) in [4.78, 5) is 13.2. The van der Waals surface area contributed by atoms with Gasteiger partial charge >= 0.3 is 0 Å². The van der Waals surface area contributed by atoms with E-state index < -0.39 is 15.4 Å². The Hall–Kier alpha value is -0.900. The Balaban J connectivity index is 1.50. The number of fused-ring (bicyclic) bond motifs is 5. The zero-order valence-electron chi connectivity index (χ0n) is 19.7. The second-order valence-corrected chi connectivity index (χ2v) is 14.0. The fourth-order valence-corrected chi connectivity index (χ4v) is 9.93. The lowest BCUT2D eigenvalue weighted by molar-refractivity contribution is -0.144. The van der Waals surface area contributed by atoms with Crippen LogP contribution in [0.1, 0.15) is 78.1 Å². The van der Waals surface area contributed by atoms with Gasteiger partial charge in [0.05, 0.1) is 5.75 Å². The molecule has 0 heterocycles. The maximum Gasteiger partial charge on any atom is 0.157 e. The number of sulfone groups is 1. The summed E-state index contributed by atoms with van der Waals surface area (Å²) in [6, 6.07) is 0. The van der Waals surface area contributed by atoms with Crippen molar-refractivity contribution in [1.82, 2.24) is 0 Å². The smallest absolute Gasteiger partial charge is 0.157 e. The highest BCUT2D eigenvalue weighted by Gasteiger charge is 2.62. The Morgan fingerprint density at radius 2 is 1.75 bits per heavy atom. The second kappa shape index (κ2) is 8.40. The number of ketones is 1. The van der Waals surface area contributed by atoms with Gasteiger partial charge in [-0.2, -0.15) is 0 Å². The lowest BCUT2D eigenvalue weighted by Gasteiger charge is -2.61. The Bertz CT molecular complexity index is 890. The Morgan fingerprint density at radius 3 is 2.44 bits per heavy atom. The molecule has 0 aromatic heterocycles. The van der Waals surface area contributed by atoms with Gasteiger partial charge in [0, 0.05) is 12.5 Å². The van der Waals surface area contributed by atoms with Crippen molar-refractivity contribution < 1.29 is 23.4 Å². The number of carbonyl (C=O) groups excluding carboxylic acids is 1. The van der Waals surface area contributed by atoms with E-state index >= 15 is 0 Å². The molecule has 2 N–H and O–H groups in total. The number of carbonyl (C=O) groups is 1. The summed E-state index contributed by atoms with van der Waals surface area (Å²) in [6.45, 7) is 4.49. The van der Waals surface area contributed by atoms with E-state index in [0.717, 1.165) is 44.9 Å². The number of aliphatic hydroxyl groups is 2. The number of rotatable bonds is 6. The van der Waals surface area contributed by atoms with Crippen LogP contribution in [0.4, 0.5) is 0 Å². The molecule has 0 aromatic rings. The van der Waals surface area contributed by atoms with Crippen LogP contribution >= 0.6 is 0 Å². The second-order valence-electron chi connectivity index (χ2n) is 11.8. The Morgan fingerprint density at radius 1 is 1.03 bits per heavy atom. The van der Waals surface area contributed by atoms with Crippen LogP contribution in [0.15, 0.2) is 0 Å². The number of Topliss-reactive ketones (excluding diaryl/α,β-unsaturated/α-hetero) is 1. The van der Waals surface area contributed by atoms with Crippen molar-refractivity contribution in [2.75, 3.05) is 18.1 Å². The molecule has 0 aromatic carbocycles. The van der Waals surface area contributed by atoms with Crippen LogP contribution in [0.25, 0.3) is 0 Å². The van der Waals surface area contributed by atoms with Crippen molar-refractivity contribution in [3.05, 3.63) is 0 Å². The molecule has 6 heteroatoms. The van der Waals surface area contributed by atoms with E-state index in [1.165, 1.54) is 0 Å². The van der Waals surface area contributed by atoms with Crippen molar-refractivity contribution in [2.24, 2.45) is 40.4 Å². The average molecular weight is 465 g/mol. The first-order valence-corrected chi connectivity index (χ1v) is 14.3. The van der Waals surface area contributed by atoms with E-state index in [9.17, 15) is 18.3 Å². The van der Waals surface area contributed by atoms with E-state index in [4.69, 9.17) is 11.5 Å². The van der Waals surface area contributed by atoms with Crippen molar-refractivity contribution in [3.8, 4) is 12.3 Å². The van der Waals surface area contributed by atoms with Crippen LogP contribution in [0.2, 0.25) is 0 Å². The Kier molecular flexibility index (Phi) is 6.36.